The minimum absolute atomic E-state index is 0.113. The van der Waals surface area contributed by atoms with Crippen molar-refractivity contribution in [2.75, 3.05) is 6.61 Å². The van der Waals surface area contributed by atoms with Gasteiger partial charge in [-0.1, -0.05) is 12.8 Å². The Morgan fingerprint density at radius 2 is 1.91 bits per heavy atom. The van der Waals surface area contributed by atoms with Crippen LogP contribution in [0.3, 0.4) is 0 Å². The Labute approximate surface area is 67.2 Å². The highest BCUT2D eigenvalue weighted by Crippen LogP contribution is 2.28. The molecule has 0 heterocycles. The molecule has 0 aromatic carbocycles. The Hall–Kier alpha value is -0.120. The van der Waals surface area contributed by atoms with Gasteiger partial charge in [0, 0.05) is 0 Å². The van der Waals surface area contributed by atoms with Gasteiger partial charge in [0.2, 0.25) is 0 Å². The van der Waals surface area contributed by atoms with Gasteiger partial charge < -0.3 is 15.9 Å². The third kappa shape index (κ3) is 2.15. The minimum atomic E-state index is -0.498. The summed E-state index contributed by atoms with van der Waals surface area (Å²) in [6.45, 7) is -0.113. The van der Waals surface area contributed by atoms with E-state index in [1.54, 1.807) is 0 Å². The van der Waals surface area contributed by atoms with Crippen molar-refractivity contribution in [2.24, 2.45) is 11.7 Å². The van der Waals surface area contributed by atoms with Gasteiger partial charge in [-0.2, -0.15) is 0 Å². The fourth-order valence-corrected chi connectivity index (χ4v) is 1.76. The summed E-state index contributed by atoms with van der Waals surface area (Å²) in [6.07, 6.45) is 4.02. The molecule has 0 aromatic rings. The van der Waals surface area contributed by atoms with Gasteiger partial charge in [-0.15, -0.1) is 0 Å². The molecule has 0 radical (unpaired) electrons. The highest BCUT2D eigenvalue weighted by Gasteiger charge is 2.27. The van der Waals surface area contributed by atoms with Crippen LogP contribution in [-0.4, -0.2) is 29.0 Å². The van der Waals surface area contributed by atoms with Crippen LogP contribution in [0.25, 0.3) is 0 Å². The molecule has 2 atom stereocenters. The average Bonchev–Trinajstić information content (AvgIpc) is 2.53. The van der Waals surface area contributed by atoms with Gasteiger partial charge in [0.15, 0.2) is 0 Å². The maximum absolute atomic E-state index is 9.53. The molecule has 1 saturated carbocycles. The SMILES string of the molecule is N[C@H](CO)[C@H](O)C1CCCC1. The Bertz CT molecular complexity index is 113. The topological polar surface area (TPSA) is 66.5 Å². The van der Waals surface area contributed by atoms with Gasteiger partial charge in [-0.3, -0.25) is 0 Å². The molecule has 1 aliphatic rings. The predicted molar refractivity (Wildman–Crippen MR) is 43.0 cm³/mol. The van der Waals surface area contributed by atoms with Gasteiger partial charge in [-0.05, 0) is 18.8 Å². The molecular formula is C8H17NO2. The van der Waals surface area contributed by atoms with Gasteiger partial charge in [0.1, 0.15) is 0 Å². The van der Waals surface area contributed by atoms with Crippen LogP contribution < -0.4 is 5.73 Å². The maximum Gasteiger partial charge on any atom is 0.0741 e. The molecule has 0 saturated heterocycles. The summed E-state index contributed by atoms with van der Waals surface area (Å²) in [5, 5.41) is 18.2. The second kappa shape index (κ2) is 4.04. The zero-order valence-electron chi connectivity index (χ0n) is 6.74. The molecule has 1 aliphatic carbocycles. The second-order valence-corrected chi connectivity index (χ2v) is 3.38. The molecule has 1 rings (SSSR count). The van der Waals surface area contributed by atoms with E-state index in [-0.39, 0.29) is 6.61 Å². The van der Waals surface area contributed by atoms with Gasteiger partial charge in [0.05, 0.1) is 18.8 Å². The van der Waals surface area contributed by atoms with Crippen molar-refractivity contribution in [3.05, 3.63) is 0 Å². The molecule has 0 spiro atoms. The third-order valence-electron chi connectivity index (χ3n) is 2.53. The summed E-state index contributed by atoms with van der Waals surface area (Å²) in [6, 6.07) is -0.446. The summed E-state index contributed by atoms with van der Waals surface area (Å²) in [4.78, 5) is 0. The quantitative estimate of drug-likeness (QED) is 0.537. The minimum Gasteiger partial charge on any atom is -0.395 e. The van der Waals surface area contributed by atoms with Crippen molar-refractivity contribution in [2.45, 2.75) is 37.8 Å². The lowest BCUT2D eigenvalue weighted by Gasteiger charge is -2.22. The molecule has 3 heteroatoms. The van der Waals surface area contributed by atoms with E-state index >= 15 is 0 Å². The van der Waals surface area contributed by atoms with Crippen molar-refractivity contribution >= 4 is 0 Å². The first-order valence-corrected chi connectivity index (χ1v) is 4.30. The molecule has 66 valence electrons. The molecule has 3 nitrogen and oxygen atoms in total. The lowest BCUT2D eigenvalue weighted by atomic mass is 9.96. The first-order valence-electron chi connectivity index (χ1n) is 4.30. The molecule has 0 aliphatic heterocycles. The molecular weight excluding hydrogens is 142 g/mol. The monoisotopic (exact) mass is 159 g/mol. The first-order chi connectivity index (χ1) is 5.25. The Kier molecular flexibility index (Phi) is 3.30. The van der Waals surface area contributed by atoms with E-state index in [1.165, 1.54) is 12.8 Å². The van der Waals surface area contributed by atoms with E-state index in [2.05, 4.69) is 0 Å². The lowest BCUT2D eigenvalue weighted by Crippen LogP contribution is -2.41. The van der Waals surface area contributed by atoms with Gasteiger partial charge in [0.25, 0.3) is 0 Å². The highest BCUT2D eigenvalue weighted by molar-refractivity contribution is 4.81. The van der Waals surface area contributed by atoms with E-state index in [1.807, 2.05) is 0 Å². The molecule has 0 amide bonds. The lowest BCUT2D eigenvalue weighted by molar-refractivity contribution is 0.0610. The Morgan fingerprint density at radius 1 is 1.36 bits per heavy atom. The zero-order chi connectivity index (χ0) is 8.27. The van der Waals surface area contributed by atoms with Gasteiger partial charge in [-0.25, -0.2) is 0 Å². The largest absolute Gasteiger partial charge is 0.395 e. The van der Waals surface area contributed by atoms with Crippen LogP contribution in [0, 0.1) is 5.92 Å². The number of hydrogen-bond donors (Lipinski definition) is 3. The van der Waals surface area contributed by atoms with Crippen LogP contribution >= 0.6 is 0 Å². The van der Waals surface area contributed by atoms with Crippen molar-refractivity contribution < 1.29 is 10.2 Å². The fraction of sp³-hybridized carbons (Fsp3) is 1.00. The molecule has 0 bridgehead atoms. The number of hydrogen-bond acceptors (Lipinski definition) is 3. The molecule has 11 heavy (non-hydrogen) atoms. The molecule has 0 unspecified atom stereocenters. The number of aliphatic hydroxyl groups is 2. The first kappa shape index (κ1) is 8.97. The fourth-order valence-electron chi connectivity index (χ4n) is 1.76. The van der Waals surface area contributed by atoms with Crippen molar-refractivity contribution in [1.82, 2.24) is 0 Å². The average molecular weight is 159 g/mol. The number of nitrogens with two attached hydrogens (primary N) is 1. The normalized spacial score (nSPS) is 25.4. The second-order valence-electron chi connectivity index (χ2n) is 3.38. The van der Waals surface area contributed by atoms with Crippen LogP contribution in [0.4, 0.5) is 0 Å². The molecule has 1 fully saturated rings. The molecule has 4 N–H and O–H groups in total. The van der Waals surface area contributed by atoms with Crippen LogP contribution in [0.1, 0.15) is 25.7 Å². The third-order valence-corrected chi connectivity index (χ3v) is 2.53. The molecule has 0 aromatic heterocycles. The summed E-state index contributed by atoms with van der Waals surface area (Å²) in [5.41, 5.74) is 5.50. The summed E-state index contributed by atoms with van der Waals surface area (Å²) < 4.78 is 0. The Morgan fingerprint density at radius 3 is 2.36 bits per heavy atom. The highest BCUT2D eigenvalue weighted by atomic mass is 16.3. The predicted octanol–water partition coefficient (Wildman–Crippen LogP) is -0.143. The summed E-state index contributed by atoms with van der Waals surface area (Å²) in [5.74, 6) is 0.331. The maximum atomic E-state index is 9.53. The van der Waals surface area contributed by atoms with E-state index in [4.69, 9.17) is 10.8 Å². The van der Waals surface area contributed by atoms with E-state index in [0.29, 0.717) is 5.92 Å². The standard InChI is InChI=1S/C8H17NO2/c9-7(5-10)8(11)6-3-1-2-4-6/h6-8,10-11H,1-5,9H2/t7-,8-/m1/s1. The van der Waals surface area contributed by atoms with Gasteiger partial charge >= 0.3 is 0 Å². The smallest absolute Gasteiger partial charge is 0.0741 e. The Balaban J connectivity index is 2.32. The summed E-state index contributed by atoms with van der Waals surface area (Å²) >= 11 is 0. The van der Waals surface area contributed by atoms with Crippen LogP contribution in [0.15, 0.2) is 0 Å². The van der Waals surface area contributed by atoms with Crippen molar-refractivity contribution in [3.8, 4) is 0 Å². The van der Waals surface area contributed by atoms with E-state index in [0.717, 1.165) is 12.8 Å². The van der Waals surface area contributed by atoms with E-state index in [9.17, 15) is 5.11 Å². The van der Waals surface area contributed by atoms with E-state index < -0.39 is 12.1 Å². The summed E-state index contributed by atoms with van der Waals surface area (Å²) in [7, 11) is 0. The zero-order valence-corrected chi connectivity index (χ0v) is 6.74. The van der Waals surface area contributed by atoms with Crippen molar-refractivity contribution in [3.63, 3.8) is 0 Å². The van der Waals surface area contributed by atoms with Crippen LogP contribution in [-0.2, 0) is 0 Å². The van der Waals surface area contributed by atoms with Crippen LogP contribution in [0.5, 0.6) is 0 Å². The number of rotatable bonds is 3. The van der Waals surface area contributed by atoms with Crippen molar-refractivity contribution in [1.29, 1.82) is 0 Å². The number of aliphatic hydroxyl groups excluding tert-OH is 2. The van der Waals surface area contributed by atoms with Crippen LogP contribution in [0.2, 0.25) is 0 Å².